The SMILES string of the molecule is CC(C)c1cc(C(C)C)c(P(=O)(c2ccccn2)C(C)(C)C)c(C(C)C)c1. The van der Waals surface area contributed by atoms with Crippen molar-refractivity contribution in [3.05, 3.63) is 53.2 Å². The van der Waals surface area contributed by atoms with Gasteiger partial charge in [0.2, 0.25) is 0 Å². The molecule has 2 rings (SSSR count). The molecule has 1 aromatic carbocycles. The summed E-state index contributed by atoms with van der Waals surface area (Å²) in [5.74, 6) is 1.05. The molecule has 0 fully saturated rings. The number of hydrogen-bond acceptors (Lipinski definition) is 2. The molecule has 0 spiro atoms. The van der Waals surface area contributed by atoms with Crippen LogP contribution in [0.25, 0.3) is 0 Å². The summed E-state index contributed by atoms with van der Waals surface area (Å²) in [5.41, 5.74) is 4.48. The van der Waals surface area contributed by atoms with Gasteiger partial charge in [-0.2, -0.15) is 0 Å². The fourth-order valence-corrected chi connectivity index (χ4v) is 7.10. The van der Waals surface area contributed by atoms with E-state index in [-0.39, 0.29) is 0 Å². The topological polar surface area (TPSA) is 30.0 Å². The summed E-state index contributed by atoms with van der Waals surface area (Å²) in [6, 6.07) is 10.4. The summed E-state index contributed by atoms with van der Waals surface area (Å²) in [4.78, 5) is 4.59. The van der Waals surface area contributed by atoms with E-state index in [2.05, 4.69) is 79.4 Å². The van der Waals surface area contributed by atoms with Crippen LogP contribution in [0.4, 0.5) is 0 Å². The molecule has 0 amide bonds. The van der Waals surface area contributed by atoms with Gasteiger partial charge in [-0.15, -0.1) is 0 Å². The van der Waals surface area contributed by atoms with Crippen molar-refractivity contribution < 1.29 is 4.57 Å². The monoisotopic (exact) mass is 385 g/mol. The van der Waals surface area contributed by atoms with Crippen LogP contribution < -0.4 is 10.7 Å². The highest BCUT2D eigenvalue weighted by Gasteiger charge is 2.44. The van der Waals surface area contributed by atoms with Crippen LogP contribution in [0.1, 0.15) is 96.8 Å². The van der Waals surface area contributed by atoms with Crippen molar-refractivity contribution in [2.45, 2.75) is 85.2 Å². The molecule has 1 aromatic heterocycles. The Kier molecular flexibility index (Phi) is 6.42. The second-order valence-corrected chi connectivity index (χ2v) is 12.9. The number of aromatic nitrogens is 1. The molecule has 2 nitrogen and oxygen atoms in total. The standard InChI is InChI=1S/C24H36NOP/c1-16(2)19-14-20(17(3)4)23(21(15-19)18(5)6)27(26,24(7,8)9)22-12-10-11-13-25-22/h10-18H,1-9H3. The van der Waals surface area contributed by atoms with Gasteiger partial charge in [-0.3, -0.25) is 4.98 Å². The van der Waals surface area contributed by atoms with E-state index in [9.17, 15) is 4.57 Å². The lowest BCUT2D eigenvalue weighted by molar-refractivity contribution is 0.562. The summed E-state index contributed by atoms with van der Waals surface area (Å²) in [6.07, 6.45) is 1.76. The van der Waals surface area contributed by atoms with Crippen LogP contribution in [-0.4, -0.2) is 10.1 Å². The first-order valence-electron chi connectivity index (χ1n) is 10.1. The van der Waals surface area contributed by atoms with E-state index in [1.54, 1.807) is 6.20 Å². The van der Waals surface area contributed by atoms with E-state index in [0.29, 0.717) is 17.8 Å². The van der Waals surface area contributed by atoms with Crippen molar-refractivity contribution in [1.82, 2.24) is 4.98 Å². The van der Waals surface area contributed by atoms with Crippen molar-refractivity contribution in [3.63, 3.8) is 0 Å². The Morgan fingerprint density at radius 1 is 0.852 bits per heavy atom. The molecular weight excluding hydrogens is 349 g/mol. The Hall–Kier alpha value is -1.40. The first kappa shape index (κ1) is 21.9. The summed E-state index contributed by atoms with van der Waals surface area (Å²) >= 11 is 0. The molecule has 0 aliphatic heterocycles. The zero-order chi connectivity index (χ0) is 20.6. The average Bonchev–Trinajstić information content (AvgIpc) is 2.59. The molecule has 1 heterocycles. The van der Waals surface area contributed by atoms with Crippen molar-refractivity contribution in [2.24, 2.45) is 0 Å². The lowest BCUT2D eigenvalue weighted by Crippen LogP contribution is -2.36. The van der Waals surface area contributed by atoms with Crippen LogP contribution in [0.2, 0.25) is 0 Å². The molecule has 0 saturated heterocycles. The number of rotatable bonds is 5. The molecule has 27 heavy (non-hydrogen) atoms. The maximum Gasteiger partial charge on any atom is 0.166 e. The average molecular weight is 386 g/mol. The molecule has 1 unspecified atom stereocenters. The minimum absolute atomic E-state index is 0.301. The quantitative estimate of drug-likeness (QED) is 0.545. The fraction of sp³-hybridized carbons (Fsp3) is 0.542. The highest BCUT2D eigenvalue weighted by atomic mass is 31.2. The largest absolute Gasteiger partial charge is 0.311 e. The van der Waals surface area contributed by atoms with Gasteiger partial charge in [0, 0.05) is 16.7 Å². The molecule has 0 bridgehead atoms. The van der Waals surface area contributed by atoms with Crippen LogP contribution in [0, 0.1) is 0 Å². The van der Waals surface area contributed by atoms with E-state index in [1.165, 1.54) is 16.7 Å². The summed E-state index contributed by atoms with van der Waals surface area (Å²) in [7, 11) is -2.95. The van der Waals surface area contributed by atoms with Gasteiger partial charge in [0.25, 0.3) is 0 Å². The minimum atomic E-state index is -2.95. The number of benzene rings is 1. The van der Waals surface area contributed by atoms with Crippen LogP contribution in [0.3, 0.4) is 0 Å². The van der Waals surface area contributed by atoms with Gasteiger partial charge in [0.05, 0.1) is 0 Å². The second kappa shape index (κ2) is 7.92. The van der Waals surface area contributed by atoms with E-state index in [1.807, 2.05) is 18.2 Å². The predicted molar refractivity (Wildman–Crippen MR) is 120 cm³/mol. The van der Waals surface area contributed by atoms with E-state index >= 15 is 0 Å². The molecule has 0 N–H and O–H groups in total. The van der Waals surface area contributed by atoms with Crippen molar-refractivity contribution in [1.29, 1.82) is 0 Å². The molecule has 0 radical (unpaired) electrons. The first-order chi connectivity index (χ1) is 12.4. The van der Waals surface area contributed by atoms with E-state index < -0.39 is 12.3 Å². The van der Waals surface area contributed by atoms with E-state index in [0.717, 1.165) is 10.7 Å². The van der Waals surface area contributed by atoms with Crippen LogP contribution in [0.5, 0.6) is 0 Å². The zero-order valence-corrected chi connectivity index (χ0v) is 19.4. The summed E-state index contributed by atoms with van der Waals surface area (Å²) < 4.78 is 14.9. The number of nitrogens with zero attached hydrogens (tertiary/aromatic N) is 1. The maximum atomic E-state index is 14.9. The third-order valence-corrected chi connectivity index (χ3v) is 9.28. The molecule has 1 atom stereocenters. The van der Waals surface area contributed by atoms with Crippen LogP contribution in [0.15, 0.2) is 36.5 Å². The highest BCUT2D eigenvalue weighted by molar-refractivity contribution is 7.80. The summed E-state index contributed by atoms with van der Waals surface area (Å²) in [5, 5.41) is 0.636. The Labute approximate surface area is 166 Å². The maximum absolute atomic E-state index is 14.9. The lowest BCUT2D eigenvalue weighted by atomic mass is 9.89. The van der Waals surface area contributed by atoms with Gasteiger partial charge in [0.1, 0.15) is 5.44 Å². The lowest BCUT2D eigenvalue weighted by Gasteiger charge is -2.36. The van der Waals surface area contributed by atoms with Gasteiger partial charge < -0.3 is 4.57 Å². The van der Waals surface area contributed by atoms with Gasteiger partial charge in [0.15, 0.2) is 7.14 Å². The molecule has 0 saturated carbocycles. The molecule has 148 valence electrons. The molecular formula is C24H36NOP. The number of pyridine rings is 1. The molecule has 3 heteroatoms. The minimum Gasteiger partial charge on any atom is -0.311 e. The molecule has 0 aliphatic rings. The third kappa shape index (κ3) is 4.06. The van der Waals surface area contributed by atoms with Gasteiger partial charge in [-0.05, 0) is 46.6 Å². The molecule has 0 aliphatic carbocycles. The first-order valence-corrected chi connectivity index (χ1v) is 11.8. The Morgan fingerprint density at radius 2 is 1.37 bits per heavy atom. The van der Waals surface area contributed by atoms with Gasteiger partial charge >= 0.3 is 0 Å². The smallest absolute Gasteiger partial charge is 0.166 e. The van der Waals surface area contributed by atoms with Crippen molar-refractivity contribution in [2.75, 3.05) is 0 Å². The Morgan fingerprint density at radius 3 is 1.70 bits per heavy atom. The molecule has 2 aromatic rings. The van der Waals surface area contributed by atoms with E-state index in [4.69, 9.17) is 0 Å². The predicted octanol–water partition coefficient (Wildman–Crippen LogP) is 6.56. The summed E-state index contributed by atoms with van der Waals surface area (Å²) in [6.45, 7) is 19.6. The second-order valence-electron chi connectivity index (χ2n) is 9.48. The normalized spacial score (nSPS) is 14.8. The van der Waals surface area contributed by atoms with Crippen molar-refractivity contribution >= 4 is 17.9 Å². The van der Waals surface area contributed by atoms with Gasteiger partial charge in [-0.1, -0.05) is 80.5 Å². The zero-order valence-electron chi connectivity index (χ0n) is 18.5. The van der Waals surface area contributed by atoms with Crippen LogP contribution in [-0.2, 0) is 4.57 Å². The van der Waals surface area contributed by atoms with Crippen LogP contribution >= 0.6 is 7.14 Å². The highest BCUT2D eigenvalue weighted by Crippen LogP contribution is 2.57. The third-order valence-electron chi connectivity index (χ3n) is 5.33. The Bertz CT molecular complexity index is 800. The van der Waals surface area contributed by atoms with Crippen molar-refractivity contribution in [3.8, 4) is 0 Å². The number of hydrogen-bond donors (Lipinski definition) is 0. The fourth-order valence-electron chi connectivity index (χ4n) is 3.61. The Balaban J connectivity index is 3.02. The van der Waals surface area contributed by atoms with Gasteiger partial charge in [-0.25, -0.2) is 0 Å².